The van der Waals surface area contributed by atoms with Crippen molar-refractivity contribution in [2.45, 2.75) is 17.9 Å². The molecule has 7 heteroatoms. The summed E-state index contributed by atoms with van der Waals surface area (Å²) in [6.07, 6.45) is 0. The maximum atomic E-state index is 13.3. The van der Waals surface area contributed by atoms with Gasteiger partial charge in [-0.15, -0.1) is 11.8 Å². The third-order valence-corrected chi connectivity index (χ3v) is 4.34. The minimum Gasteiger partial charge on any atom is -0.325 e. The number of nitrogens with zero attached hydrogens (tertiary/aromatic N) is 1. The fourth-order valence-electron chi connectivity index (χ4n) is 1.85. The molecule has 120 valence electrons. The zero-order valence-electron chi connectivity index (χ0n) is 12.4. The van der Waals surface area contributed by atoms with Gasteiger partial charge >= 0.3 is 5.69 Å². The number of halogens is 1. The van der Waals surface area contributed by atoms with Crippen molar-refractivity contribution in [3.05, 3.63) is 70.0 Å². The van der Waals surface area contributed by atoms with E-state index in [1.54, 1.807) is 6.92 Å². The van der Waals surface area contributed by atoms with Gasteiger partial charge in [-0.3, -0.25) is 14.9 Å². The van der Waals surface area contributed by atoms with Crippen LogP contribution in [0.2, 0.25) is 0 Å². The van der Waals surface area contributed by atoms with Crippen molar-refractivity contribution < 1.29 is 14.1 Å². The summed E-state index contributed by atoms with van der Waals surface area (Å²) < 4.78 is 13.3. The van der Waals surface area contributed by atoms with E-state index < -0.39 is 16.4 Å². The Morgan fingerprint density at radius 3 is 2.65 bits per heavy atom. The molecule has 5 nitrogen and oxygen atoms in total. The van der Waals surface area contributed by atoms with Crippen LogP contribution in [0.4, 0.5) is 15.8 Å². The number of anilines is 1. The van der Waals surface area contributed by atoms with Gasteiger partial charge in [-0.25, -0.2) is 0 Å². The third-order valence-electron chi connectivity index (χ3n) is 3.12. The molecule has 2 aromatic carbocycles. The molecule has 1 amide bonds. The number of hydrogen-bond donors (Lipinski definition) is 1. The van der Waals surface area contributed by atoms with Crippen LogP contribution in [-0.4, -0.2) is 16.1 Å². The van der Waals surface area contributed by atoms with E-state index in [1.807, 2.05) is 30.3 Å². The molecule has 1 N–H and O–H groups in total. The molecule has 0 aromatic heterocycles. The first-order chi connectivity index (χ1) is 11.0. The molecule has 0 fully saturated rings. The molecule has 1 unspecified atom stereocenters. The molecule has 0 aliphatic carbocycles. The van der Waals surface area contributed by atoms with Gasteiger partial charge in [-0.2, -0.15) is 4.39 Å². The van der Waals surface area contributed by atoms with E-state index in [9.17, 15) is 19.3 Å². The molecule has 0 bridgehead atoms. The minimum absolute atomic E-state index is 0.204. The number of benzene rings is 2. The summed E-state index contributed by atoms with van der Waals surface area (Å²) in [5, 5.41) is 12.9. The standard InChI is InChI=1S/C16H15FN2O3S/c1-11(23-10-12-5-3-2-4-6-12)16(20)18-13-7-8-14(17)15(9-13)19(21)22/h2-9,11H,10H2,1H3,(H,18,20). The van der Waals surface area contributed by atoms with Crippen LogP contribution >= 0.6 is 11.8 Å². The number of nitro benzene ring substituents is 1. The second-order valence-corrected chi connectivity index (χ2v) is 6.18. The lowest BCUT2D eigenvalue weighted by Crippen LogP contribution is -2.22. The van der Waals surface area contributed by atoms with E-state index in [4.69, 9.17) is 0 Å². The summed E-state index contributed by atoms with van der Waals surface area (Å²) in [5.41, 5.74) is 0.650. The van der Waals surface area contributed by atoms with Crippen LogP contribution in [0, 0.1) is 15.9 Å². The van der Waals surface area contributed by atoms with Crippen LogP contribution < -0.4 is 5.32 Å². The van der Waals surface area contributed by atoms with E-state index in [-0.39, 0.29) is 16.8 Å². The topological polar surface area (TPSA) is 72.2 Å². The highest BCUT2D eigenvalue weighted by Gasteiger charge is 2.18. The van der Waals surface area contributed by atoms with Crippen LogP contribution in [0.5, 0.6) is 0 Å². The lowest BCUT2D eigenvalue weighted by molar-refractivity contribution is -0.387. The van der Waals surface area contributed by atoms with Crippen LogP contribution in [-0.2, 0) is 10.5 Å². The van der Waals surface area contributed by atoms with Crippen LogP contribution in [0.15, 0.2) is 48.5 Å². The van der Waals surface area contributed by atoms with Crippen molar-refractivity contribution in [1.82, 2.24) is 0 Å². The zero-order chi connectivity index (χ0) is 16.8. The predicted molar refractivity (Wildman–Crippen MR) is 88.9 cm³/mol. The number of rotatable bonds is 6. The van der Waals surface area contributed by atoms with Crippen molar-refractivity contribution in [2.75, 3.05) is 5.32 Å². The maximum absolute atomic E-state index is 13.3. The average molecular weight is 334 g/mol. The molecule has 0 spiro atoms. The molecule has 2 aromatic rings. The van der Waals surface area contributed by atoms with Gasteiger partial charge in [-0.05, 0) is 24.6 Å². The Morgan fingerprint density at radius 1 is 1.30 bits per heavy atom. The fourth-order valence-corrected chi connectivity index (χ4v) is 2.69. The summed E-state index contributed by atoms with van der Waals surface area (Å²) in [7, 11) is 0. The number of amides is 1. The lowest BCUT2D eigenvalue weighted by atomic mass is 10.2. The normalized spacial score (nSPS) is 11.7. The highest BCUT2D eigenvalue weighted by atomic mass is 32.2. The maximum Gasteiger partial charge on any atom is 0.306 e. The molecule has 0 heterocycles. The number of carbonyl (C=O) groups excluding carboxylic acids is 1. The van der Waals surface area contributed by atoms with E-state index >= 15 is 0 Å². The fraction of sp³-hybridized carbons (Fsp3) is 0.188. The highest BCUT2D eigenvalue weighted by molar-refractivity contribution is 7.99. The largest absolute Gasteiger partial charge is 0.325 e. The number of nitrogens with one attached hydrogen (secondary N) is 1. The molecule has 2 rings (SSSR count). The van der Waals surface area contributed by atoms with Gasteiger partial charge in [0, 0.05) is 17.5 Å². The van der Waals surface area contributed by atoms with Gasteiger partial charge in [0.15, 0.2) is 0 Å². The van der Waals surface area contributed by atoms with Crippen LogP contribution in [0.1, 0.15) is 12.5 Å². The van der Waals surface area contributed by atoms with Crippen molar-refractivity contribution in [2.24, 2.45) is 0 Å². The zero-order valence-corrected chi connectivity index (χ0v) is 13.2. The van der Waals surface area contributed by atoms with Crippen LogP contribution in [0.25, 0.3) is 0 Å². The second kappa shape index (κ2) is 7.73. The molecule has 0 aliphatic heterocycles. The number of hydrogen-bond acceptors (Lipinski definition) is 4. The summed E-state index contributed by atoms with van der Waals surface area (Å²) in [6, 6.07) is 13.0. The first-order valence-electron chi connectivity index (χ1n) is 6.87. The van der Waals surface area contributed by atoms with E-state index in [0.717, 1.165) is 17.7 Å². The first kappa shape index (κ1) is 17.0. The van der Waals surface area contributed by atoms with Gasteiger partial charge < -0.3 is 5.32 Å². The summed E-state index contributed by atoms with van der Waals surface area (Å²) in [4.78, 5) is 22.0. The summed E-state index contributed by atoms with van der Waals surface area (Å²) in [5.74, 6) is -0.537. The molecule has 0 saturated carbocycles. The first-order valence-corrected chi connectivity index (χ1v) is 7.92. The van der Waals surface area contributed by atoms with E-state index in [1.165, 1.54) is 17.8 Å². The predicted octanol–water partition coefficient (Wildman–Crippen LogP) is 3.99. The molecule has 0 saturated heterocycles. The molecular formula is C16H15FN2O3S. The number of thioether (sulfide) groups is 1. The molecule has 23 heavy (non-hydrogen) atoms. The molecule has 1 atom stereocenters. The third kappa shape index (κ3) is 4.79. The summed E-state index contributed by atoms with van der Waals surface area (Å²) in [6.45, 7) is 1.75. The number of nitro groups is 1. The molecular weight excluding hydrogens is 319 g/mol. The van der Waals surface area contributed by atoms with Crippen molar-refractivity contribution in [3.63, 3.8) is 0 Å². The second-order valence-electron chi connectivity index (χ2n) is 4.85. The smallest absolute Gasteiger partial charge is 0.306 e. The Hall–Kier alpha value is -2.41. The van der Waals surface area contributed by atoms with Crippen molar-refractivity contribution >= 4 is 29.0 Å². The monoisotopic (exact) mass is 334 g/mol. The summed E-state index contributed by atoms with van der Waals surface area (Å²) >= 11 is 1.45. The van der Waals surface area contributed by atoms with E-state index in [2.05, 4.69) is 5.32 Å². The van der Waals surface area contributed by atoms with Crippen molar-refractivity contribution in [1.29, 1.82) is 0 Å². The van der Waals surface area contributed by atoms with Gasteiger partial charge in [0.1, 0.15) is 0 Å². The number of carbonyl (C=O) groups is 1. The average Bonchev–Trinajstić information content (AvgIpc) is 2.55. The Morgan fingerprint density at radius 2 is 2.00 bits per heavy atom. The minimum atomic E-state index is -0.931. The van der Waals surface area contributed by atoms with Gasteiger partial charge in [0.05, 0.1) is 10.2 Å². The molecule has 0 aliphatic rings. The van der Waals surface area contributed by atoms with Gasteiger partial charge in [0.2, 0.25) is 11.7 Å². The Bertz CT molecular complexity index is 710. The van der Waals surface area contributed by atoms with Gasteiger partial charge in [0.25, 0.3) is 0 Å². The Balaban J connectivity index is 1.95. The van der Waals surface area contributed by atoms with Crippen molar-refractivity contribution in [3.8, 4) is 0 Å². The Kier molecular flexibility index (Phi) is 5.70. The lowest BCUT2D eigenvalue weighted by Gasteiger charge is -2.12. The van der Waals surface area contributed by atoms with Gasteiger partial charge in [-0.1, -0.05) is 30.3 Å². The van der Waals surface area contributed by atoms with E-state index in [0.29, 0.717) is 5.75 Å². The van der Waals surface area contributed by atoms with Crippen LogP contribution in [0.3, 0.4) is 0 Å². The highest BCUT2D eigenvalue weighted by Crippen LogP contribution is 2.23. The molecule has 0 radical (unpaired) electrons. The SMILES string of the molecule is CC(SCc1ccccc1)C(=O)Nc1ccc(F)c([N+](=O)[O-])c1. The Labute approximate surface area is 137 Å². The quantitative estimate of drug-likeness (QED) is 0.640.